The highest BCUT2D eigenvalue weighted by molar-refractivity contribution is 5.80. The van der Waals surface area contributed by atoms with Gasteiger partial charge in [-0.2, -0.15) is 0 Å². The third-order valence-corrected chi connectivity index (χ3v) is 5.51. The van der Waals surface area contributed by atoms with Crippen molar-refractivity contribution in [1.82, 2.24) is 15.1 Å². The lowest BCUT2D eigenvalue weighted by Gasteiger charge is -2.35. The molecule has 3 aliphatic heterocycles. The Bertz CT molecular complexity index is 431. The smallest absolute Gasteiger partial charge is 0.236 e. The summed E-state index contributed by atoms with van der Waals surface area (Å²) in [4.78, 5) is 29.1. The molecular formula is C18H31N3O3. The third-order valence-electron chi connectivity index (χ3n) is 5.51. The Kier molecular flexibility index (Phi) is 6.49. The Hall–Kier alpha value is -1.14. The fourth-order valence-electron chi connectivity index (χ4n) is 4.01. The van der Waals surface area contributed by atoms with Gasteiger partial charge in [-0.15, -0.1) is 0 Å². The molecule has 0 aromatic heterocycles. The van der Waals surface area contributed by atoms with Crippen LogP contribution in [0.15, 0.2) is 0 Å². The predicted octanol–water partition coefficient (Wildman–Crippen LogP) is 1.01. The first kappa shape index (κ1) is 17.7. The van der Waals surface area contributed by atoms with Crippen LogP contribution in [0, 0.1) is 5.92 Å². The number of nitrogens with one attached hydrogen (secondary N) is 1. The van der Waals surface area contributed by atoms with Gasteiger partial charge < -0.3 is 15.0 Å². The van der Waals surface area contributed by atoms with Crippen molar-refractivity contribution in [3.05, 3.63) is 0 Å². The van der Waals surface area contributed by atoms with Gasteiger partial charge in [-0.25, -0.2) is 0 Å². The number of ether oxygens (including phenoxy) is 1. The molecule has 0 spiro atoms. The van der Waals surface area contributed by atoms with Crippen LogP contribution in [-0.4, -0.2) is 73.6 Å². The van der Waals surface area contributed by atoms with Gasteiger partial charge >= 0.3 is 0 Å². The Morgan fingerprint density at radius 3 is 2.46 bits per heavy atom. The standard InChI is InChI=1S/C18H31N3O3/c22-17(21-9-2-1-3-10-21)14-20-8-4-5-15(13-20)18(23)19-16-6-11-24-12-7-16/h15-16H,1-14H2,(H,19,23). The second-order valence-electron chi connectivity index (χ2n) is 7.41. The fraction of sp³-hybridized carbons (Fsp3) is 0.889. The molecule has 0 saturated carbocycles. The normalized spacial score (nSPS) is 27.0. The van der Waals surface area contributed by atoms with Crippen molar-refractivity contribution >= 4 is 11.8 Å². The summed E-state index contributed by atoms with van der Waals surface area (Å²) < 4.78 is 5.34. The van der Waals surface area contributed by atoms with E-state index in [-0.39, 0.29) is 23.8 Å². The van der Waals surface area contributed by atoms with Crippen LogP contribution in [0.4, 0.5) is 0 Å². The Morgan fingerprint density at radius 1 is 0.958 bits per heavy atom. The zero-order valence-corrected chi connectivity index (χ0v) is 14.7. The van der Waals surface area contributed by atoms with Gasteiger partial charge in [0.25, 0.3) is 0 Å². The maximum absolute atomic E-state index is 12.5. The number of nitrogens with zero attached hydrogens (tertiary/aromatic N) is 2. The van der Waals surface area contributed by atoms with Gasteiger partial charge in [-0.3, -0.25) is 14.5 Å². The summed E-state index contributed by atoms with van der Waals surface area (Å²) in [7, 11) is 0. The average Bonchev–Trinajstić information content (AvgIpc) is 2.63. The van der Waals surface area contributed by atoms with E-state index in [1.54, 1.807) is 0 Å². The molecular weight excluding hydrogens is 306 g/mol. The molecule has 136 valence electrons. The second-order valence-corrected chi connectivity index (χ2v) is 7.41. The van der Waals surface area contributed by atoms with Gasteiger partial charge in [0.05, 0.1) is 12.5 Å². The lowest BCUT2D eigenvalue weighted by atomic mass is 9.96. The van der Waals surface area contributed by atoms with Crippen LogP contribution in [-0.2, 0) is 14.3 Å². The van der Waals surface area contributed by atoms with Gasteiger partial charge in [0.2, 0.25) is 11.8 Å². The summed E-state index contributed by atoms with van der Waals surface area (Å²) in [5.41, 5.74) is 0. The minimum absolute atomic E-state index is 0.0238. The molecule has 0 radical (unpaired) electrons. The van der Waals surface area contributed by atoms with E-state index in [0.717, 1.165) is 71.4 Å². The number of hydrogen-bond acceptors (Lipinski definition) is 4. The highest BCUT2D eigenvalue weighted by atomic mass is 16.5. The lowest BCUT2D eigenvalue weighted by molar-refractivity contribution is -0.135. The van der Waals surface area contributed by atoms with Crippen LogP contribution >= 0.6 is 0 Å². The van der Waals surface area contributed by atoms with Crippen LogP contribution in [0.3, 0.4) is 0 Å². The first-order valence-corrected chi connectivity index (χ1v) is 9.60. The molecule has 3 aliphatic rings. The summed E-state index contributed by atoms with van der Waals surface area (Å²) in [5.74, 6) is 0.424. The monoisotopic (exact) mass is 337 g/mol. The molecule has 0 aromatic rings. The SMILES string of the molecule is O=C(NC1CCOCC1)C1CCCN(CC(=O)N2CCCCC2)C1. The molecule has 0 bridgehead atoms. The number of amides is 2. The zero-order chi connectivity index (χ0) is 16.8. The van der Waals surface area contributed by atoms with E-state index in [9.17, 15) is 9.59 Å². The van der Waals surface area contributed by atoms with Gasteiger partial charge in [0, 0.05) is 38.9 Å². The van der Waals surface area contributed by atoms with E-state index < -0.39 is 0 Å². The Labute approximate surface area is 144 Å². The topological polar surface area (TPSA) is 61.9 Å². The maximum Gasteiger partial charge on any atom is 0.236 e. The van der Waals surface area contributed by atoms with Crippen molar-refractivity contribution in [2.45, 2.75) is 51.0 Å². The predicted molar refractivity (Wildman–Crippen MR) is 91.6 cm³/mol. The highest BCUT2D eigenvalue weighted by Gasteiger charge is 2.29. The summed E-state index contributed by atoms with van der Waals surface area (Å²) in [6.45, 7) is 5.41. The maximum atomic E-state index is 12.5. The molecule has 3 rings (SSSR count). The highest BCUT2D eigenvalue weighted by Crippen LogP contribution is 2.18. The van der Waals surface area contributed by atoms with Crippen molar-refractivity contribution in [1.29, 1.82) is 0 Å². The Morgan fingerprint density at radius 2 is 1.71 bits per heavy atom. The lowest BCUT2D eigenvalue weighted by Crippen LogP contribution is -2.50. The van der Waals surface area contributed by atoms with E-state index in [0.29, 0.717) is 13.1 Å². The van der Waals surface area contributed by atoms with Gasteiger partial charge in [-0.05, 0) is 51.5 Å². The fourth-order valence-corrected chi connectivity index (χ4v) is 4.01. The molecule has 6 heteroatoms. The number of carbonyl (C=O) groups is 2. The van der Waals surface area contributed by atoms with E-state index in [4.69, 9.17) is 4.74 Å². The largest absolute Gasteiger partial charge is 0.381 e. The van der Waals surface area contributed by atoms with Gasteiger partial charge in [0.15, 0.2) is 0 Å². The summed E-state index contributed by atoms with van der Waals surface area (Å²) in [6.07, 6.45) is 7.25. The van der Waals surface area contributed by atoms with Crippen molar-refractivity contribution < 1.29 is 14.3 Å². The van der Waals surface area contributed by atoms with Crippen LogP contribution in [0.25, 0.3) is 0 Å². The van der Waals surface area contributed by atoms with E-state index in [1.807, 2.05) is 4.90 Å². The molecule has 3 saturated heterocycles. The Balaban J connectivity index is 1.44. The van der Waals surface area contributed by atoms with Crippen LogP contribution in [0.5, 0.6) is 0 Å². The molecule has 0 aliphatic carbocycles. The van der Waals surface area contributed by atoms with Crippen LogP contribution in [0.1, 0.15) is 44.9 Å². The number of piperidine rings is 2. The zero-order valence-electron chi connectivity index (χ0n) is 14.7. The quantitative estimate of drug-likeness (QED) is 0.832. The minimum atomic E-state index is 0.0238. The summed E-state index contributed by atoms with van der Waals surface area (Å²) in [5, 5.41) is 3.18. The molecule has 2 amide bonds. The average molecular weight is 337 g/mol. The molecule has 1 atom stereocenters. The van der Waals surface area contributed by atoms with E-state index >= 15 is 0 Å². The summed E-state index contributed by atoms with van der Waals surface area (Å²) >= 11 is 0. The number of rotatable bonds is 4. The van der Waals surface area contributed by atoms with E-state index in [2.05, 4.69) is 10.2 Å². The minimum Gasteiger partial charge on any atom is -0.381 e. The molecule has 6 nitrogen and oxygen atoms in total. The summed E-state index contributed by atoms with van der Waals surface area (Å²) in [6, 6.07) is 0.261. The number of likely N-dealkylation sites (tertiary alicyclic amines) is 2. The van der Waals surface area contributed by atoms with E-state index in [1.165, 1.54) is 6.42 Å². The van der Waals surface area contributed by atoms with Crippen molar-refractivity contribution in [2.24, 2.45) is 5.92 Å². The van der Waals surface area contributed by atoms with Crippen LogP contribution in [0.2, 0.25) is 0 Å². The number of hydrogen-bond donors (Lipinski definition) is 1. The molecule has 3 fully saturated rings. The third kappa shape index (κ3) is 4.93. The first-order chi connectivity index (χ1) is 11.7. The van der Waals surface area contributed by atoms with Crippen LogP contribution < -0.4 is 5.32 Å². The van der Waals surface area contributed by atoms with Gasteiger partial charge in [0.1, 0.15) is 0 Å². The van der Waals surface area contributed by atoms with Crippen molar-refractivity contribution in [3.63, 3.8) is 0 Å². The van der Waals surface area contributed by atoms with Crippen molar-refractivity contribution in [3.8, 4) is 0 Å². The molecule has 3 heterocycles. The molecule has 24 heavy (non-hydrogen) atoms. The van der Waals surface area contributed by atoms with Gasteiger partial charge in [-0.1, -0.05) is 0 Å². The first-order valence-electron chi connectivity index (χ1n) is 9.60. The second kappa shape index (κ2) is 8.81. The molecule has 0 aromatic carbocycles. The molecule has 1 unspecified atom stereocenters. The van der Waals surface area contributed by atoms with Crippen molar-refractivity contribution in [2.75, 3.05) is 45.9 Å². The molecule has 1 N–H and O–H groups in total. The number of carbonyl (C=O) groups excluding carboxylic acids is 2.